The Kier molecular flexibility index (Phi) is 5.16. The number of benzene rings is 1. The second-order valence-corrected chi connectivity index (χ2v) is 6.33. The maximum Gasteiger partial charge on any atom is 0.243 e. The number of rotatable bonds is 6. The number of anilines is 1. The number of nitrogens with zero attached hydrogens (tertiary/aromatic N) is 3. The van der Waals surface area contributed by atoms with Crippen molar-refractivity contribution in [2.75, 3.05) is 11.4 Å². The second-order valence-electron chi connectivity index (χ2n) is 6.33. The number of carbonyl (C=O) groups excluding carboxylic acids is 2. The molecule has 1 atom stereocenters. The lowest BCUT2D eigenvalue weighted by Crippen LogP contribution is -2.52. The third kappa shape index (κ3) is 3.73. The van der Waals surface area contributed by atoms with Crippen molar-refractivity contribution in [3.05, 3.63) is 47.7 Å². The predicted molar refractivity (Wildman–Crippen MR) is 96.3 cm³/mol. The van der Waals surface area contributed by atoms with E-state index in [9.17, 15) is 9.59 Å². The molecule has 0 spiro atoms. The highest BCUT2D eigenvalue weighted by atomic mass is 16.2. The molecule has 0 radical (unpaired) electrons. The lowest BCUT2D eigenvalue weighted by atomic mass is 10.1. The van der Waals surface area contributed by atoms with Gasteiger partial charge in [0.15, 0.2) is 0 Å². The molecule has 1 aliphatic rings. The van der Waals surface area contributed by atoms with Crippen LogP contribution in [0.3, 0.4) is 0 Å². The Morgan fingerprint density at radius 3 is 2.80 bits per heavy atom. The van der Waals surface area contributed by atoms with Crippen LogP contribution in [0, 0.1) is 6.92 Å². The summed E-state index contributed by atoms with van der Waals surface area (Å²) in [5.41, 5.74) is 2.03. The topological polar surface area (TPSA) is 67.2 Å². The zero-order valence-electron chi connectivity index (χ0n) is 14.7. The highest BCUT2D eigenvalue weighted by molar-refractivity contribution is 6.00. The third-order valence-electron chi connectivity index (χ3n) is 4.49. The first kappa shape index (κ1) is 17.2. The van der Waals surface area contributed by atoms with Crippen LogP contribution in [-0.2, 0) is 22.6 Å². The SMILES string of the molecule is CC[C@H](C(=O)NCCc1ccccc1)N1C(=O)CCn2nc(C)cc21. The molecule has 0 bridgehead atoms. The van der Waals surface area contributed by atoms with Gasteiger partial charge >= 0.3 is 0 Å². The number of carbonyl (C=O) groups is 2. The van der Waals surface area contributed by atoms with Crippen molar-refractivity contribution in [2.24, 2.45) is 0 Å². The Labute approximate surface area is 147 Å². The van der Waals surface area contributed by atoms with Gasteiger partial charge in [0.1, 0.15) is 11.9 Å². The molecule has 1 aromatic heterocycles. The Bertz CT molecular complexity index is 754. The predicted octanol–water partition coefficient (Wildman–Crippen LogP) is 2.07. The van der Waals surface area contributed by atoms with Crippen LogP contribution in [0.15, 0.2) is 36.4 Å². The Hall–Kier alpha value is -2.63. The average molecular weight is 340 g/mol. The van der Waals surface area contributed by atoms with E-state index >= 15 is 0 Å². The molecular formula is C19H24N4O2. The van der Waals surface area contributed by atoms with Crippen LogP contribution in [0.2, 0.25) is 0 Å². The van der Waals surface area contributed by atoms with Crippen LogP contribution in [-0.4, -0.2) is 34.2 Å². The van der Waals surface area contributed by atoms with Crippen LogP contribution in [0.5, 0.6) is 0 Å². The average Bonchev–Trinajstić information content (AvgIpc) is 2.99. The molecule has 1 aliphatic heterocycles. The molecule has 2 aromatic rings. The standard InChI is InChI=1S/C19H24N4O2/c1-3-16(19(25)20-11-9-15-7-5-4-6-8-15)23-17-13-14(2)21-22(17)12-10-18(23)24/h4-8,13,16H,3,9-12H2,1-2H3,(H,20,25)/t16-/m1/s1. The summed E-state index contributed by atoms with van der Waals surface area (Å²) in [6, 6.07) is 11.4. The number of fused-ring (bicyclic) bond motifs is 1. The third-order valence-corrected chi connectivity index (χ3v) is 4.49. The molecule has 132 valence electrons. The highest BCUT2D eigenvalue weighted by Gasteiger charge is 2.34. The Morgan fingerprint density at radius 2 is 2.08 bits per heavy atom. The minimum Gasteiger partial charge on any atom is -0.354 e. The van der Waals surface area contributed by atoms with Gasteiger partial charge in [-0.05, 0) is 25.3 Å². The van der Waals surface area contributed by atoms with E-state index in [2.05, 4.69) is 10.4 Å². The van der Waals surface area contributed by atoms with E-state index in [1.54, 1.807) is 4.90 Å². The minimum atomic E-state index is -0.501. The number of amides is 2. The fourth-order valence-electron chi connectivity index (χ4n) is 3.25. The molecule has 6 heteroatoms. The van der Waals surface area contributed by atoms with E-state index in [0.717, 1.165) is 17.9 Å². The highest BCUT2D eigenvalue weighted by Crippen LogP contribution is 2.25. The fourth-order valence-corrected chi connectivity index (χ4v) is 3.25. The van der Waals surface area contributed by atoms with Crippen molar-refractivity contribution >= 4 is 17.6 Å². The molecule has 2 heterocycles. The molecule has 25 heavy (non-hydrogen) atoms. The summed E-state index contributed by atoms with van der Waals surface area (Å²) in [7, 11) is 0. The van der Waals surface area contributed by atoms with Gasteiger partial charge in [-0.25, -0.2) is 4.68 Å². The van der Waals surface area contributed by atoms with E-state index in [-0.39, 0.29) is 11.8 Å². The quantitative estimate of drug-likeness (QED) is 0.875. The van der Waals surface area contributed by atoms with E-state index < -0.39 is 6.04 Å². The molecule has 3 rings (SSSR count). The fraction of sp³-hybridized carbons (Fsp3) is 0.421. The van der Waals surface area contributed by atoms with Crippen molar-refractivity contribution in [2.45, 2.75) is 45.7 Å². The van der Waals surface area contributed by atoms with Gasteiger partial charge in [0.25, 0.3) is 0 Å². The van der Waals surface area contributed by atoms with Gasteiger partial charge in [0.05, 0.1) is 12.2 Å². The summed E-state index contributed by atoms with van der Waals surface area (Å²) in [5.74, 6) is 0.593. The smallest absolute Gasteiger partial charge is 0.243 e. The monoisotopic (exact) mass is 340 g/mol. The molecule has 6 nitrogen and oxygen atoms in total. The summed E-state index contributed by atoms with van der Waals surface area (Å²) in [6.07, 6.45) is 1.71. The van der Waals surface area contributed by atoms with Crippen molar-refractivity contribution in [1.82, 2.24) is 15.1 Å². The number of aryl methyl sites for hydroxylation is 2. The minimum absolute atomic E-state index is 0.0162. The van der Waals surface area contributed by atoms with Gasteiger partial charge < -0.3 is 5.32 Å². The molecule has 1 aromatic carbocycles. The molecular weight excluding hydrogens is 316 g/mol. The Morgan fingerprint density at radius 1 is 1.32 bits per heavy atom. The Balaban J connectivity index is 1.68. The molecule has 0 saturated carbocycles. The lowest BCUT2D eigenvalue weighted by molar-refractivity contribution is -0.127. The summed E-state index contributed by atoms with van der Waals surface area (Å²) in [4.78, 5) is 26.8. The largest absolute Gasteiger partial charge is 0.354 e. The summed E-state index contributed by atoms with van der Waals surface area (Å²) in [6.45, 7) is 4.95. The van der Waals surface area contributed by atoms with Gasteiger partial charge in [-0.2, -0.15) is 5.10 Å². The van der Waals surface area contributed by atoms with Crippen molar-refractivity contribution < 1.29 is 9.59 Å². The van der Waals surface area contributed by atoms with Gasteiger partial charge in [0, 0.05) is 19.0 Å². The maximum atomic E-state index is 12.7. The van der Waals surface area contributed by atoms with Gasteiger partial charge in [0.2, 0.25) is 11.8 Å². The van der Waals surface area contributed by atoms with Crippen LogP contribution < -0.4 is 10.2 Å². The number of hydrogen-bond acceptors (Lipinski definition) is 3. The van der Waals surface area contributed by atoms with Crippen molar-refractivity contribution in [1.29, 1.82) is 0 Å². The maximum absolute atomic E-state index is 12.7. The zero-order valence-corrected chi connectivity index (χ0v) is 14.7. The van der Waals surface area contributed by atoms with Crippen LogP contribution in [0.4, 0.5) is 5.82 Å². The van der Waals surface area contributed by atoms with E-state index in [4.69, 9.17) is 0 Å². The normalized spacial score (nSPS) is 15.0. The summed E-state index contributed by atoms with van der Waals surface area (Å²) in [5, 5.41) is 7.38. The number of aromatic nitrogens is 2. The first-order chi connectivity index (χ1) is 12.1. The van der Waals surface area contributed by atoms with Crippen molar-refractivity contribution in [3.63, 3.8) is 0 Å². The van der Waals surface area contributed by atoms with Crippen LogP contribution in [0.25, 0.3) is 0 Å². The van der Waals surface area contributed by atoms with Gasteiger partial charge in [-0.3, -0.25) is 14.5 Å². The number of nitrogens with one attached hydrogen (secondary N) is 1. The molecule has 0 saturated heterocycles. The van der Waals surface area contributed by atoms with E-state index in [1.807, 2.05) is 54.9 Å². The molecule has 0 fully saturated rings. The van der Waals surface area contributed by atoms with E-state index in [0.29, 0.717) is 25.9 Å². The first-order valence-corrected chi connectivity index (χ1v) is 8.78. The second kappa shape index (κ2) is 7.51. The van der Waals surface area contributed by atoms with Gasteiger partial charge in [-0.15, -0.1) is 0 Å². The van der Waals surface area contributed by atoms with Crippen LogP contribution >= 0.6 is 0 Å². The number of hydrogen-bond donors (Lipinski definition) is 1. The van der Waals surface area contributed by atoms with E-state index in [1.165, 1.54) is 5.56 Å². The van der Waals surface area contributed by atoms with Crippen molar-refractivity contribution in [3.8, 4) is 0 Å². The summed E-state index contributed by atoms with van der Waals surface area (Å²) < 4.78 is 1.82. The first-order valence-electron chi connectivity index (χ1n) is 8.78. The van der Waals surface area contributed by atoms with Gasteiger partial charge in [-0.1, -0.05) is 37.3 Å². The lowest BCUT2D eigenvalue weighted by Gasteiger charge is -2.33. The molecule has 0 unspecified atom stereocenters. The summed E-state index contributed by atoms with van der Waals surface area (Å²) >= 11 is 0. The molecule has 2 amide bonds. The molecule has 1 N–H and O–H groups in total. The molecule has 0 aliphatic carbocycles. The van der Waals surface area contributed by atoms with Crippen LogP contribution in [0.1, 0.15) is 31.0 Å². The zero-order chi connectivity index (χ0) is 17.8.